The normalized spacial score (nSPS) is 13.9. The van der Waals surface area contributed by atoms with Gasteiger partial charge in [0.25, 0.3) is 0 Å². The quantitative estimate of drug-likeness (QED) is 0.338. The summed E-state index contributed by atoms with van der Waals surface area (Å²) in [6.45, 7) is 1.40. The van der Waals surface area contributed by atoms with E-state index in [0.717, 1.165) is 19.3 Å². The average molecular weight is 304 g/mol. The van der Waals surface area contributed by atoms with E-state index < -0.39 is 18.8 Å². The minimum atomic E-state index is -1.26. The minimum Gasteiger partial charge on any atom is -0.463 e. The van der Waals surface area contributed by atoms with E-state index in [1.54, 1.807) is 0 Å². The molecule has 5 heteroatoms. The first kappa shape index (κ1) is 20.3. The number of hydrogen-bond donors (Lipinski definition) is 3. The van der Waals surface area contributed by atoms with Crippen LogP contribution in [0.5, 0.6) is 0 Å². The smallest absolute Gasteiger partial charge is 0.305 e. The van der Waals surface area contributed by atoms with Crippen LogP contribution in [0.15, 0.2) is 0 Å². The molecule has 0 aliphatic heterocycles. The van der Waals surface area contributed by atoms with Crippen LogP contribution in [0.1, 0.15) is 71.1 Å². The summed E-state index contributed by atoms with van der Waals surface area (Å²) >= 11 is 0. The number of rotatable bonds is 14. The van der Waals surface area contributed by atoms with Gasteiger partial charge < -0.3 is 20.1 Å². The molecule has 0 aromatic carbocycles. The van der Waals surface area contributed by atoms with E-state index in [-0.39, 0.29) is 12.6 Å². The van der Waals surface area contributed by atoms with Gasteiger partial charge in [-0.3, -0.25) is 4.79 Å². The Kier molecular flexibility index (Phi) is 13.9. The summed E-state index contributed by atoms with van der Waals surface area (Å²) in [5.41, 5.74) is 0. The van der Waals surface area contributed by atoms with Gasteiger partial charge in [-0.15, -0.1) is 0 Å². The zero-order chi connectivity index (χ0) is 15.9. The molecule has 0 aromatic heterocycles. The Morgan fingerprint density at radius 2 is 1.43 bits per heavy atom. The van der Waals surface area contributed by atoms with Crippen LogP contribution in [0.3, 0.4) is 0 Å². The molecule has 0 heterocycles. The summed E-state index contributed by atoms with van der Waals surface area (Å²) in [7, 11) is 0. The molecule has 3 N–H and O–H groups in total. The fourth-order valence-corrected chi connectivity index (χ4v) is 2.06. The van der Waals surface area contributed by atoms with Crippen molar-refractivity contribution in [3.05, 3.63) is 0 Å². The molecule has 0 bridgehead atoms. The molecule has 0 rings (SSSR count). The van der Waals surface area contributed by atoms with Crippen LogP contribution in [-0.4, -0.2) is 46.7 Å². The lowest BCUT2D eigenvalue weighted by atomic mass is 10.1. The summed E-state index contributed by atoms with van der Waals surface area (Å²) in [6.07, 6.45) is 8.55. The maximum atomic E-state index is 11.4. The van der Waals surface area contributed by atoms with Gasteiger partial charge in [0.15, 0.2) is 0 Å². The predicted octanol–water partition coefficient (Wildman–Crippen LogP) is 2.16. The summed E-state index contributed by atoms with van der Waals surface area (Å²) in [4.78, 5) is 11.4. The maximum absolute atomic E-state index is 11.4. The van der Waals surface area contributed by atoms with E-state index in [1.807, 2.05) is 0 Å². The third-order valence-corrected chi connectivity index (χ3v) is 3.53. The Morgan fingerprint density at radius 3 is 1.95 bits per heavy atom. The summed E-state index contributed by atoms with van der Waals surface area (Å²) in [5, 5.41) is 27.0. The highest BCUT2D eigenvalue weighted by molar-refractivity contribution is 5.69. The molecule has 0 radical (unpaired) electrons. The topological polar surface area (TPSA) is 87.0 Å². The Hall–Kier alpha value is -0.650. The first-order valence-electron chi connectivity index (χ1n) is 8.24. The molecule has 0 spiro atoms. The Labute approximate surface area is 128 Å². The molecule has 0 unspecified atom stereocenters. The molecule has 0 aliphatic rings. The van der Waals surface area contributed by atoms with Crippen LogP contribution in [0, 0.1) is 0 Å². The number of carbonyl (C=O) groups excluding carboxylic acids is 1. The van der Waals surface area contributed by atoms with E-state index in [4.69, 9.17) is 14.9 Å². The SMILES string of the molecule is CCCCCCCCCCCC(=O)OC[C@@H](O)[C@@H](O)CO. The first-order valence-corrected chi connectivity index (χ1v) is 8.24. The second kappa shape index (κ2) is 14.3. The van der Waals surface area contributed by atoms with Crippen LogP contribution < -0.4 is 0 Å². The van der Waals surface area contributed by atoms with Crippen LogP contribution in [-0.2, 0) is 9.53 Å². The average Bonchev–Trinajstić information content (AvgIpc) is 2.50. The van der Waals surface area contributed by atoms with Crippen molar-refractivity contribution in [2.45, 2.75) is 83.3 Å². The molecule has 2 atom stereocenters. The fourth-order valence-electron chi connectivity index (χ4n) is 2.06. The zero-order valence-corrected chi connectivity index (χ0v) is 13.3. The third-order valence-electron chi connectivity index (χ3n) is 3.53. The molecule has 0 fully saturated rings. The highest BCUT2D eigenvalue weighted by Crippen LogP contribution is 2.10. The van der Waals surface area contributed by atoms with Gasteiger partial charge in [-0.1, -0.05) is 58.3 Å². The summed E-state index contributed by atoms with van der Waals surface area (Å²) in [6, 6.07) is 0. The molecule has 0 saturated heterocycles. The zero-order valence-electron chi connectivity index (χ0n) is 13.3. The van der Waals surface area contributed by atoms with Crippen molar-refractivity contribution in [3.63, 3.8) is 0 Å². The maximum Gasteiger partial charge on any atom is 0.305 e. The van der Waals surface area contributed by atoms with Crippen molar-refractivity contribution >= 4 is 5.97 Å². The number of unbranched alkanes of at least 4 members (excludes halogenated alkanes) is 8. The van der Waals surface area contributed by atoms with Crippen molar-refractivity contribution in [3.8, 4) is 0 Å². The molecular weight excluding hydrogens is 272 g/mol. The van der Waals surface area contributed by atoms with Crippen molar-refractivity contribution in [2.24, 2.45) is 0 Å². The molecule has 0 aromatic rings. The molecule has 126 valence electrons. The lowest BCUT2D eigenvalue weighted by Gasteiger charge is -2.15. The second-order valence-corrected chi connectivity index (χ2v) is 5.58. The van der Waals surface area contributed by atoms with Gasteiger partial charge in [-0.25, -0.2) is 0 Å². The standard InChI is InChI=1S/C16H32O5/c1-2-3-4-5-6-7-8-9-10-11-16(20)21-13-15(19)14(18)12-17/h14-15,17-19H,2-13H2,1H3/t14-,15+/m0/s1. The van der Waals surface area contributed by atoms with Crippen LogP contribution in [0.2, 0.25) is 0 Å². The van der Waals surface area contributed by atoms with E-state index in [0.29, 0.717) is 6.42 Å². The fraction of sp³-hybridized carbons (Fsp3) is 0.938. The van der Waals surface area contributed by atoms with E-state index >= 15 is 0 Å². The number of aliphatic hydroxyl groups excluding tert-OH is 3. The monoisotopic (exact) mass is 304 g/mol. The van der Waals surface area contributed by atoms with Gasteiger partial charge in [-0.05, 0) is 6.42 Å². The number of aliphatic hydroxyl groups is 3. The van der Waals surface area contributed by atoms with E-state index in [9.17, 15) is 9.90 Å². The Bertz CT molecular complexity index is 245. The van der Waals surface area contributed by atoms with E-state index in [1.165, 1.54) is 38.5 Å². The highest BCUT2D eigenvalue weighted by atomic mass is 16.5. The molecule has 0 aliphatic carbocycles. The third kappa shape index (κ3) is 12.8. The van der Waals surface area contributed by atoms with Crippen LogP contribution >= 0.6 is 0 Å². The van der Waals surface area contributed by atoms with Crippen molar-refractivity contribution in [2.75, 3.05) is 13.2 Å². The number of carbonyl (C=O) groups is 1. The van der Waals surface area contributed by atoms with Crippen molar-refractivity contribution in [1.29, 1.82) is 0 Å². The molecule has 0 saturated carbocycles. The van der Waals surface area contributed by atoms with Gasteiger partial charge >= 0.3 is 5.97 Å². The number of hydrogen-bond acceptors (Lipinski definition) is 5. The van der Waals surface area contributed by atoms with Gasteiger partial charge in [0.1, 0.15) is 18.8 Å². The lowest BCUT2D eigenvalue weighted by molar-refractivity contribution is -0.149. The van der Waals surface area contributed by atoms with Gasteiger partial charge in [-0.2, -0.15) is 0 Å². The molecular formula is C16H32O5. The van der Waals surface area contributed by atoms with Crippen LogP contribution in [0.4, 0.5) is 0 Å². The number of ether oxygens (including phenoxy) is 1. The first-order chi connectivity index (χ1) is 10.1. The molecule has 5 nitrogen and oxygen atoms in total. The minimum absolute atomic E-state index is 0.266. The van der Waals surface area contributed by atoms with Gasteiger partial charge in [0.05, 0.1) is 6.61 Å². The number of esters is 1. The summed E-state index contributed by atoms with van der Waals surface area (Å²) < 4.78 is 4.84. The lowest BCUT2D eigenvalue weighted by Crippen LogP contribution is -2.34. The Balaban J connectivity index is 3.34. The predicted molar refractivity (Wildman–Crippen MR) is 81.9 cm³/mol. The van der Waals surface area contributed by atoms with Crippen LogP contribution in [0.25, 0.3) is 0 Å². The van der Waals surface area contributed by atoms with Crippen molar-refractivity contribution < 1.29 is 24.9 Å². The largest absolute Gasteiger partial charge is 0.463 e. The second-order valence-electron chi connectivity index (χ2n) is 5.58. The van der Waals surface area contributed by atoms with Gasteiger partial charge in [0, 0.05) is 6.42 Å². The Morgan fingerprint density at radius 1 is 0.905 bits per heavy atom. The van der Waals surface area contributed by atoms with Crippen molar-refractivity contribution in [1.82, 2.24) is 0 Å². The summed E-state index contributed by atoms with van der Waals surface area (Å²) in [5.74, 6) is -0.359. The highest BCUT2D eigenvalue weighted by Gasteiger charge is 2.16. The molecule has 21 heavy (non-hydrogen) atoms. The van der Waals surface area contributed by atoms with Gasteiger partial charge in [0.2, 0.25) is 0 Å². The molecule has 0 amide bonds. The van der Waals surface area contributed by atoms with E-state index in [2.05, 4.69) is 6.92 Å².